The Kier molecular flexibility index (Phi) is 5.09. The smallest absolute Gasteiger partial charge is 0.0542 e. The van der Waals surface area contributed by atoms with E-state index >= 15 is 0 Å². The molecule has 4 aromatic carbocycles. The highest BCUT2D eigenvalue weighted by Crippen LogP contribution is 2.42. The van der Waals surface area contributed by atoms with Crippen molar-refractivity contribution in [2.24, 2.45) is 0 Å². The van der Waals surface area contributed by atoms with Gasteiger partial charge in [-0.25, -0.2) is 0 Å². The normalized spacial score (nSPS) is 13.6. The fourth-order valence-corrected chi connectivity index (χ4v) is 7.38. The van der Waals surface area contributed by atoms with E-state index in [1.165, 1.54) is 83.5 Å². The lowest BCUT2D eigenvalue weighted by Gasteiger charge is -2.15. The number of para-hydroxylation sites is 1. The highest BCUT2D eigenvalue weighted by molar-refractivity contribution is 6.10. The second-order valence-electron chi connectivity index (χ2n) is 11.2. The quantitative estimate of drug-likeness (QED) is 0.220. The van der Waals surface area contributed by atoms with E-state index < -0.39 is 0 Å². The van der Waals surface area contributed by atoms with E-state index in [2.05, 4.69) is 121 Å². The molecule has 2 heterocycles. The van der Waals surface area contributed by atoms with E-state index in [0.29, 0.717) is 0 Å². The monoisotopic (exact) mass is 516 g/mol. The maximum atomic E-state index is 4.23. The van der Waals surface area contributed by atoms with Crippen molar-refractivity contribution in [2.75, 3.05) is 0 Å². The first-order valence-electron chi connectivity index (χ1n) is 14.5. The van der Waals surface area contributed by atoms with Crippen LogP contribution in [0.2, 0.25) is 0 Å². The molecule has 0 fully saturated rings. The van der Waals surface area contributed by atoms with E-state index in [9.17, 15) is 0 Å². The molecular weight excluding hydrogens is 484 g/mol. The van der Waals surface area contributed by atoms with Gasteiger partial charge in [-0.1, -0.05) is 62.0 Å². The van der Waals surface area contributed by atoms with E-state index in [1.807, 2.05) is 6.08 Å². The molecule has 0 amide bonds. The number of aryl methyl sites for hydroxylation is 1. The number of aromatic nitrogens is 2. The van der Waals surface area contributed by atoms with Gasteiger partial charge in [-0.2, -0.15) is 0 Å². The molecule has 0 spiro atoms. The summed E-state index contributed by atoms with van der Waals surface area (Å²) in [6.07, 6.45) is 10.9. The van der Waals surface area contributed by atoms with Gasteiger partial charge in [0.05, 0.1) is 11.0 Å². The Bertz CT molecular complexity index is 2040. The number of rotatable bonds is 4. The number of hydrogen-bond donors (Lipinski definition) is 0. The first-order valence-corrected chi connectivity index (χ1v) is 14.5. The molecule has 2 aliphatic carbocycles. The molecule has 0 bridgehead atoms. The highest BCUT2D eigenvalue weighted by Gasteiger charge is 2.24. The van der Waals surface area contributed by atoms with Crippen LogP contribution in [-0.4, -0.2) is 9.13 Å². The predicted octanol–water partition coefficient (Wildman–Crippen LogP) is 9.62. The van der Waals surface area contributed by atoms with Gasteiger partial charge in [-0.15, -0.1) is 0 Å². The third-order valence-electron chi connectivity index (χ3n) is 9.15. The molecule has 0 radical (unpaired) electrons. The minimum atomic E-state index is 1.02. The number of nitrogens with zero attached hydrogens (tertiary/aromatic N) is 2. The molecule has 0 atom stereocenters. The standard InChI is InChI=1S/C38H32N2/c1-4-28-30-14-8-10-16-36(30)39(35(28)5-2)26-18-19-38-34(22-26)31-15-9-11-17-37(31)40(38)27-20-24(3)32-21-25-12-6-7-13-29(25)33(32)23-27/h5-7,9-13,15-20,22-23H,2,4,8,14,21H2,1,3H3. The van der Waals surface area contributed by atoms with E-state index in [1.54, 1.807) is 0 Å². The Labute approximate surface area is 235 Å². The van der Waals surface area contributed by atoms with Crippen molar-refractivity contribution in [2.45, 2.75) is 39.5 Å². The molecule has 0 saturated heterocycles. The molecule has 0 saturated carbocycles. The van der Waals surface area contributed by atoms with Crippen LogP contribution < -0.4 is 0 Å². The molecule has 2 nitrogen and oxygen atoms in total. The summed E-state index contributed by atoms with van der Waals surface area (Å²) in [7, 11) is 0. The van der Waals surface area contributed by atoms with Crippen molar-refractivity contribution in [1.29, 1.82) is 0 Å². The van der Waals surface area contributed by atoms with Crippen LogP contribution in [-0.2, 0) is 19.3 Å². The summed E-state index contributed by atoms with van der Waals surface area (Å²) < 4.78 is 4.89. The molecule has 2 heteroatoms. The van der Waals surface area contributed by atoms with Crippen molar-refractivity contribution >= 4 is 34.0 Å². The van der Waals surface area contributed by atoms with Gasteiger partial charge in [0.1, 0.15) is 0 Å². The SMILES string of the molecule is C=Cc1c(CC)c2c(n1-c1ccc3c(c1)c1ccccc1n3-c1cc(C)c3c(c1)-c1ccccc1C3)C=CCC2. The van der Waals surface area contributed by atoms with E-state index in [-0.39, 0.29) is 0 Å². The average molecular weight is 517 g/mol. The van der Waals surface area contributed by atoms with Crippen LogP contribution in [0.15, 0.2) is 91.5 Å². The lowest BCUT2D eigenvalue weighted by atomic mass is 9.98. The average Bonchev–Trinajstić information content (AvgIpc) is 3.64. The van der Waals surface area contributed by atoms with Gasteiger partial charge >= 0.3 is 0 Å². The molecule has 8 rings (SSSR count). The summed E-state index contributed by atoms with van der Waals surface area (Å²) in [6.45, 7) is 8.76. The number of hydrogen-bond acceptors (Lipinski definition) is 0. The summed E-state index contributed by atoms with van der Waals surface area (Å²) in [5.74, 6) is 0. The van der Waals surface area contributed by atoms with Crippen LogP contribution in [0.5, 0.6) is 0 Å². The molecule has 0 unspecified atom stereocenters. The van der Waals surface area contributed by atoms with Crippen molar-refractivity contribution in [3.8, 4) is 22.5 Å². The minimum absolute atomic E-state index is 1.02. The van der Waals surface area contributed by atoms with Crippen LogP contribution in [0.3, 0.4) is 0 Å². The van der Waals surface area contributed by atoms with Crippen LogP contribution in [0.1, 0.15) is 52.5 Å². The lowest BCUT2D eigenvalue weighted by molar-refractivity contribution is 0.946. The molecule has 194 valence electrons. The van der Waals surface area contributed by atoms with Gasteiger partial charge in [0.15, 0.2) is 0 Å². The third-order valence-corrected chi connectivity index (χ3v) is 9.15. The zero-order valence-corrected chi connectivity index (χ0v) is 23.2. The summed E-state index contributed by atoms with van der Waals surface area (Å²) in [5.41, 5.74) is 17.4. The van der Waals surface area contributed by atoms with Crippen LogP contribution >= 0.6 is 0 Å². The van der Waals surface area contributed by atoms with Gasteiger partial charge in [-0.3, -0.25) is 0 Å². The topological polar surface area (TPSA) is 9.86 Å². The zero-order chi connectivity index (χ0) is 27.0. The Hall–Kier alpha value is -4.56. The second-order valence-corrected chi connectivity index (χ2v) is 11.2. The van der Waals surface area contributed by atoms with Crippen molar-refractivity contribution in [3.63, 3.8) is 0 Å². The molecule has 2 aromatic heterocycles. The van der Waals surface area contributed by atoms with Crippen LogP contribution in [0.4, 0.5) is 0 Å². The summed E-state index contributed by atoms with van der Waals surface area (Å²) in [4.78, 5) is 0. The van der Waals surface area contributed by atoms with Crippen LogP contribution in [0.25, 0.3) is 56.5 Å². The third kappa shape index (κ3) is 3.17. The highest BCUT2D eigenvalue weighted by atomic mass is 15.0. The van der Waals surface area contributed by atoms with Crippen molar-refractivity contribution in [1.82, 2.24) is 9.13 Å². The van der Waals surface area contributed by atoms with Crippen molar-refractivity contribution in [3.05, 3.63) is 131 Å². The van der Waals surface area contributed by atoms with Gasteiger partial charge in [0, 0.05) is 33.5 Å². The predicted molar refractivity (Wildman–Crippen MR) is 170 cm³/mol. The Morgan fingerprint density at radius 1 is 0.800 bits per heavy atom. The maximum Gasteiger partial charge on any atom is 0.0542 e. The fraction of sp³-hybridized carbons (Fsp3) is 0.158. The van der Waals surface area contributed by atoms with Crippen LogP contribution in [0, 0.1) is 6.92 Å². The minimum Gasteiger partial charge on any atom is -0.310 e. The maximum absolute atomic E-state index is 4.23. The van der Waals surface area contributed by atoms with Gasteiger partial charge in [0.25, 0.3) is 0 Å². The Morgan fingerprint density at radius 3 is 2.50 bits per heavy atom. The fourth-order valence-electron chi connectivity index (χ4n) is 7.38. The largest absolute Gasteiger partial charge is 0.310 e. The van der Waals surface area contributed by atoms with Gasteiger partial charge in [0.2, 0.25) is 0 Å². The molecule has 0 aliphatic heterocycles. The Morgan fingerprint density at radius 2 is 1.62 bits per heavy atom. The number of benzene rings is 4. The molecule has 40 heavy (non-hydrogen) atoms. The lowest BCUT2D eigenvalue weighted by Crippen LogP contribution is -2.02. The molecular formula is C38H32N2. The van der Waals surface area contributed by atoms with Gasteiger partial charge in [-0.05, 0) is 120 Å². The van der Waals surface area contributed by atoms with E-state index in [0.717, 1.165) is 25.7 Å². The first kappa shape index (κ1) is 23.3. The molecule has 0 N–H and O–H groups in total. The Balaban J connectivity index is 1.39. The zero-order valence-electron chi connectivity index (χ0n) is 23.2. The molecule has 6 aromatic rings. The first-order chi connectivity index (χ1) is 19.7. The summed E-state index contributed by atoms with van der Waals surface area (Å²) in [5, 5.41) is 2.56. The van der Waals surface area contributed by atoms with E-state index in [4.69, 9.17) is 0 Å². The summed E-state index contributed by atoms with van der Waals surface area (Å²) >= 11 is 0. The van der Waals surface area contributed by atoms with Gasteiger partial charge < -0.3 is 9.13 Å². The number of allylic oxidation sites excluding steroid dienone is 1. The van der Waals surface area contributed by atoms with Crippen molar-refractivity contribution < 1.29 is 0 Å². The second kappa shape index (κ2) is 8.72. The molecule has 2 aliphatic rings. The number of fused-ring (bicyclic) bond motifs is 7. The summed E-state index contributed by atoms with van der Waals surface area (Å²) in [6, 6.07) is 29.5.